The Morgan fingerprint density at radius 1 is 0.889 bits per heavy atom. The quantitative estimate of drug-likeness (QED) is 0.590. The third kappa shape index (κ3) is 3.16. The number of hydrogen-bond donors (Lipinski definition) is 2. The second-order valence-electron chi connectivity index (χ2n) is 5.93. The van der Waals surface area contributed by atoms with Crippen LogP contribution in [0.1, 0.15) is 11.3 Å². The maximum absolute atomic E-state index is 12.2. The first kappa shape index (κ1) is 16.5. The maximum Gasteiger partial charge on any atom is 0.335 e. The fourth-order valence-electron chi connectivity index (χ4n) is 2.85. The van der Waals surface area contributed by atoms with Crippen LogP contribution in [0.25, 0.3) is 28.7 Å². The van der Waals surface area contributed by atoms with Gasteiger partial charge in [0.2, 0.25) is 5.88 Å². The van der Waals surface area contributed by atoms with Crippen molar-refractivity contribution in [3.63, 3.8) is 0 Å². The van der Waals surface area contributed by atoms with E-state index in [1.165, 1.54) is 6.08 Å². The van der Waals surface area contributed by atoms with Crippen LogP contribution in [0.5, 0.6) is 5.88 Å². The Morgan fingerprint density at radius 3 is 2.44 bits per heavy atom. The molecule has 0 atom stereocenters. The summed E-state index contributed by atoms with van der Waals surface area (Å²) in [4.78, 5) is 31.1. The normalized spacial score (nSPS) is 11.3. The largest absolute Gasteiger partial charge is 0.494 e. The van der Waals surface area contributed by atoms with Gasteiger partial charge in [0, 0.05) is 5.39 Å². The molecule has 0 saturated heterocycles. The van der Waals surface area contributed by atoms with Crippen molar-refractivity contribution in [3.8, 4) is 11.6 Å². The van der Waals surface area contributed by atoms with Crippen LogP contribution in [-0.2, 0) is 0 Å². The van der Waals surface area contributed by atoms with Crippen LogP contribution in [0.15, 0.2) is 76.3 Å². The highest BCUT2D eigenvalue weighted by Crippen LogP contribution is 2.19. The average Bonchev–Trinajstić information content (AvgIpc) is 2.68. The smallest absolute Gasteiger partial charge is 0.335 e. The summed E-state index contributed by atoms with van der Waals surface area (Å²) in [6.07, 6.45) is 3.07. The third-order valence-corrected chi connectivity index (χ3v) is 4.18. The molecule has 6 nitrogen and oxygen atoms in total. The van der Waals surface area contributed by atoms with Crippen molar-refractivity contribution in [3.05, 3.63) is 98.8 Å². The van der Waals surface area contributed by atoms with E-state index in [4.69, 9.17) is 0 Å². The highest BCUT2D eigenvalue weighted by Gasteiger charge is 2.13. The molecule has 0 unspecified atom stereocenters. The first-order chi connectivity index (χ1) is 13.1. The first-order valence-corrected chi connectivity index (χ1v) is 8.31. The van der Waals surface area contributed by atoms with Crippen molar-refractivity contribution in [1.29, 1.82) is 0 Å². The minimum atomic E-state index is -0.704. The summed E-state index contributed by atoms with van der Waals surface area (Å²) in [7, 11) is 0. The van der Waals surface area contributed by atoms with Crippen molar-refractivity contribution in [2.75, 3.05) is 0 Å². The zero-order valence-corrected chi connectivity index (χ0v) is 14.2. The zero-order valence-electron chi connectivity index (χ0n) is 14.2. The molecule has 2 aromatic heterocycles. The van der Waals surface area contributed by atoms with Crippen molar-refractivity contribution in [2.24, 2.45) is 0 Å². The number of nitrogens with zero attached hydrogens (tertiary/aromatic N) is 2. The van der Waals surface area contributed by atoms with Crippen LogP contribution in [-0.4, -0.2) is 19.6 Å². The maximum atomic E-state index is 12.2. The summed E-state index contributed by atoms with van der Waals surface area (Å²) < 4.78 is 1.05. The fourth-order valence-corrected chi connectivity index (χ4v) is 2.85. The minimum Gasteiger partial charge on any atom is -0.494 e. The standard InChI is InChI=1S/C21H15N3O3/c25-19-17(13-12-15-11-10-14-6-4-5-9-18(14)22-15)20(26)24(21(27)23-19)16-7-2-1-3-8-16/h1-13,26H,(H,23,25,27). The molecule has 0 radical (unpaired) electrons. The summed E-state index contributed by atoms with van der Waals surface area (Å²) in [6, 6.07) is 20.0. The molecule has 0 spiro atoms. The number of benzene rings is 2. The molecule has 0 aliphatic heterocycles. The lowest BCUT2D eigenvalue weighted by molar-refractivity contribution is 0.429. The molecule has 2 aromatic carbocycles. The van der Waals surface area contributed by atoms with Crippen molar-refractivity contribution >= 4 is 23.1 Å². The predicted octanol–water partition coefficient (Wildman–Crippen LogP) is 2.95. The van der Waals surface area contributed by atoms with E-state index in [-0.39, 0.29) is 5.56 Å². The molecule has 2 heterocycles. The number of rotatable bonds is 3. The lowest BCUT2D eigenvalue weighted by Gasteiger charge is -2.09. The van der Waals surface area contributed by atoms with Crippen LogP contribution in [0.3, 0.4) is 0 Å². The fraction of sp³-hybridized carbons (Fsp3) is 0. The first-order valence-electron chi connectivity index (χ1n) is 8.31. The average molecular weight is 357 g/mol. The van der Waals surface area contributed by atoms with Gasteiger partial charge in [-0.05, 0) is 36.4 Å². The summed E-state index contributed by atoms with van der Waals surface area (Å²) in [5.41, 5.74) is 0.520. The van der Waals surface area contributed by atoms with Gasteiger partial charge in [0.15, 0.2) is 0 Å². The van der Waals surface area contributed by atoms with E-state index in [9.17, 15) is 14.7 Å². The van der Waals surface area contributed by atoms with E-state index >= 15 is 0 Å². The Morgan fingerprint density at radius 2 is 1.63 bits per heavy atom. The summed E-state index contributed by atoms with van der Waals surface area (Å²) in [6.45, 7) is 0. The van der Waals surface area contributed by atoms with Gasteiger partial charge in [0.25, 0.3) is 5.56 Å². The molecule has 0 aliphatic rings. The molecule has 4 aromatic rings. The number of aromatic nitrogens is 3. The molecular formula is C21H15N3O3. The number of para-hydroxylation sites is 2. The van der Waals surface area contributed by atoms with Gasteiger partial charge >= 0.3 is 5.69 Å². The van der Waals surface area contributed by atoms with Gasteiger partial charge < -0.3 is 5.11 Å². The Bertz CT molecular complexity index is 1270. The Labute approximate surface area is 153 Å². The summed E-state index contributed by atoms with van der Waals surface area (Å²) in [5.74, 6) is -0.424. The molecule has 132 valence electrons. The number of H-pyrrole nitrogens is 1. The molecule has 0 saturated carbocycles. The van der Waals surface area contributed by atoms with Gasteiger partial charge in [0.1, 0.15) is 5.56 Å². The topological polar surface area (TPSA) is 88.0 Å². The van der Waals surface area contributed by atoms with Crippen molar-refractivity contribution in [2.45, 2.75) is 0 Å². The van der Waals surface area contributed by atoms with Crippen LogP contribution >= 0.6 is 0 Å². The molecule has 0 aliphatic carbocycles. The van der Waals surface area contributed by atoms with E-state index in [1.807, 2.05) is 36.4 Å². The summed E-state index contributed by atoms with van der Waals surface area (Å²) in [5, 5.41) is 11.5. The van der Waals surface area contributed by atoms with E-state index in [2.05, 4.69) is 9.97 Å². The molecule has 6 heteroatoms. The van der Waals surface area contributed by atoms with Gasteiger partial charge in [-0.1, -0.05) is 42.5 Å². The Hall–Kier alpha value is -3.93. The van der Waals surface area contributed by atoms with Crippen LogP contribution in [0, 0.1) is 0 Å². The number of hydrogen-bond acceptors (Lipinski definition) is 4. The highest BCUT2D eigenvalue weighted by atomic mass is 16.3. The second-order valence-corrected chi connectivity index (χ2v) is 5.93. The van der Waals surface area contributed by atoms with Gasteiger partial charge in [0.05, 0.1) is 16.9 Å². The SMILES string of the molecule is O=c1[nH]c(=O)n(-c2ccccc2)c(O)c1C=Cc1ccc2ccccc2n1. The highest BCUT2D eigenvalue weighted by molar-refractivity contribution is 5.81. The Kier molecular flexibility index (Phi) is 4.14. The van der Waals surface area contributed by atoms with Crippen LogP contribution < -0.4 is 11.2 Å². The van der Waals surface area contributed by atoms with E-state index in [0.29, 0.717) is 11.4 Å². The summed E-state index contributed by atoms with van der Waals surface area (Å²) >= 11 is 0. The van der Waals surface area contributed by atoms with Crippen molar-refractivity contribution < 1.29 is 5.11 Å². The van der Waals surface area contributed by atoms with E-state index in [1.54, 1.807) is 36.4 Å². The molecule has 0 fully saturated rings. The molecule has 2 N–H and O–H groups in total. The third-order valence-electron chi connectivity index (χ3n) is 4.18. The zero-order chi connectivity index (χ0) is 18.8. The van der Waals surface area contributed by atoms with Crippen molar-refractivity contribution in [1.82, 2.24) is 14.5 Å². The number of aromatic amines is 1. The predicted molar refractivity (Wildman–Crippen MR) is 105 cm³/mol. The lowest BCUT2D eigenvalue weighted by atomic mass is 10.2. The molecule has 27 heavy (non-hydrogen) atoms. The second kappa shape index (κ2) is 6.76. The molecule has 0 bridgehead atoms. The number of pyridine rings is 1. The molecule has 0 amide bonds. The van der Waals surface area contributed by atoms with Crippen LogP contribution in [0.4, 0.5) is 0 Å². The molecular weight excluding hydrogens is 342 g/mol. The minimum absolute atomic E-state index is 0.0200. The monoisotopic (exact) mass is 357 g/mol. The van der Waals surface area contributed by atoms with Gasteiger partial charge in [-0.15, -0.1) is 0 Å². The van der Waals surface area contributed by atoms with Gasteiger partial charge in [-0.3, -0.25) is 9.78 Å². The van der Waals surface area contributed by atoms with Crippen LogP contribution in [0.2, 0.25) is 0 Å². The van der Waals surface area contributed by atoms with E-state index in [0.717, 1.165) is 15.5 Å². The van der Waals surface area contributed by atoms with Gasteiger partial charge in [-0.25, -0.2) is 14.3 Å². The Balaban J connectivity index is 1.80. The van der Waals surface area contributed by atoms with Gasteiger partial charge in [-0.2, -0.15) is 0 Å². The number of fused-ring (bicyclic) bond motifs is 1. The lowest BCUT2D eigenvalue weighted by Crippen LogP contribution is -2.30. The number of nitrogens with one attached hydrogen (secondary N) is 1. The van der Waals surface area contributed by atoms with E-state index < -0.39 is 17.1 Å². The number of aromatic hydroxyl groups is 1. The molecule has 4 rings (SSSR count).